The number of ether oxygens (including phenoxy) is 2. The molecule has 0 radical (unpaired) electrons. The maximum atomic E-state index is 13.5. The van der Waals surface area contributed by atoms with Crippen LogP contribution in [-0.4, -0.2) is 69.1 Å². The van der Waals surface area contributed by atoms with Gasteiger partial charge < -0.3 is 24.6 Å². The normalized spacial score (nSPS) is 32.5. The van der Waals surface area contributed by atoms with Crippen molar-refractivity contribution < 1.29 is 34.1 Å². The maximum Gasteiger partial charge on any atom is 0.309 e. The Morgan fingerprint density at radius 1 is 1.38 bits per heavy atom. The molecule has 32 heavy (non-hydrogen) atoms. The number of carbonyl (C=O) groups excluding carboxylic acids is 3. The van der Waals surface area contributed by atoms with Gasteiger partial charge in [-0.2, -0.15) is 0 Å². The van der Waals surface area contributed by atoms with Crippen LogP contribution in [0, 0.1) is 0 Å². The molecule has 1 aliphatic carbocycles. The molecule has 0 aromatic carbocycles. The van der Waals surface area contributed by atoms with Gasteiger partial charge in [-0.05, 0) is 44.9 Å². The Bertz CT molecular complexity index is 1020. The number of Topliss-reactive ketones (excluding diaryl/α,β-unsaturated/α-hetero) is 1. The quantitative estimate of drug-likeness (QED) is 0.372. The van der Waals surface area contributed by atoms with Crippen LogP contribution in [0.2, 0.25) is 0 Å². The molecule has 2 N–H and O–H groups in total. The number of aliphatic hydroxyl groups is 2. The Morgan fingerprint density at radius 2 is 2.12 bits per heavy atom. The van der Waals surface area contributed by atoms with E-state index in [0.717, 1.165) is 0 Å². The number of carbonyl (C=O) groups is 3. The van der Waals surface area contributed by atoms with Gasteiger partial charge in [0.25, 0.3) is 0 Å². The van der Waals surface area contributed by atoms with Crippen LogP contribution in [0.4, 0.5) is 0 Å². The van der Waals surface area contributed by atoms with Gasteiger partial charge in [0.05, 0.1) is 24.7 Å². The van der Waals surface area contributed by atoms with E-state index in [1.807, 2.05) is 24.0 Å². The van der Waals surface area contributed by atoms with Crippen LogP contribution in [0.1, 0.15) is 33.6 Å². The minimum atomic E-state index is -2.00. The lowest BCUT2D eigenvalue weighted by molar-refractivity contribution is -0.170. The Morgan fingerprint density at radius 3 is 2.81 bits per heavy atom. The summed E-state index contributed by atoms with van der Waals surface area (Å²) in [5, 5.41) is 20.0. The van der Waals surface area contributed by atoms with Crippen molar-refractivity contribution in [2.75, 3.05) is 6.54 Å². The zero-order valence-electron chi connectivity index (χ0n) is 18.3. The fourth-order valence-corrected chi connectivity index (χ4v) is 4.59. The van der Waals surface area contributed by atoms with Crippen molar-refractivity contribution in [1.29, 1.82) is 0 Å². The second-order valence-corrected chi connectivity index (χ2v) is 8.64. The molecule has 170 valence electrons. The predicted molar refractivity (Wildman–Crippen MR) is 114 cm³/mol. The Hall–Kier alpha value is -2.97. The van der Waals surface area contributed by atoms with Crippen molar-refractivity contribution >= 4 is 17.5 Å². The number of hydrogen-bond donors (Lipinski definition) is 2. The number of aliphatic hydroxyl groups excluding tert-OH is 2. The molecule has 0 amide bonds. The Balaban J connectivity index is 1.79. The first-order valence-electron chi connectivity index (χ1n) is 10.7. The topological polar surface area (TPSA) is 113 Å². The standard InChI is InChI=1S/C24H27NO7/c1-4-5-6-7-17-20-14-11-18(28)24(3,32-19(29)10-13(2)26)23(30)15(14)12-25-9-8-16(27)22(31-17)21(20)25/h4-7,11-13,16,21-22,26-27H,8-10H2,1-3H3/b5-4+,7-6+/t13?,16-,21+,22-,24?/m0/s1. The summed E-state index contributed by atoms with van der Waals surface area (Å²) in [4.78, 5) is 40.6. The molecule has 0 spiro atoms. The minimum Gasteiger partial charge on any atom is -0.485 e. The Kier molecular flexibility index (Phi) is 5.68. The van der Waals surface area contributed by atoms with E-state index >= 15 is 0 Å². The smallest absolute Gasteiger partial charge is 0.309 e. The maximum absolute atomic E-state index is 13.5. The SMILES string of the molecule is C/C=C/C=C/C1=C2C3=CC(=O)C(C)(OC(=O)CC(C)O)C(=O)C3=CN3CC[C@H](O)[C@H](O1)[C@@H]23. The van der Waals surface area contributed by atoms with Crippen molar-refractivity contribution in [2.24, 2.45) is 0 Å². The molecule has 1 fully saturated rings. The lowest BCUT2D eigenvalue weighted by atomic mass is 9.73. The average Bonchev–Trinajstić information content (AvgIpc) is 3.11. The molecule has 0 saturated carbocycles. The summed E-state index contributed by atoms with van der Waals surface area (Å²) >= 11 is 0. The molecule has 4 rings (SSSR count). The fourth-order valence-electron chi connectivity index (χ4n) is 4.59. The first kappa shape index (κ1) is 22.2. The molecule has 2 unspecified atom stereocenters. The molecule has 8 heteroatoms. The summed E-state index contributed by atoms with van der Waals surface area (Å²) in [5.74, 6) is -1.59. The molecular formula is C24H27NO7. The highest BCUT2D eigenvalue weighted by atomic mass is 16.6. The first-order chi connectivity index (χ1) is 15.2. The van der Waals surface area contributed by atoms with Gasteiger partial charge in [0.15, 0.2) is 0 Å². The number of nitrogens with zero attached hydrogens (tertiary/aromatic N) is 1. The largest absolute Gasteiger partial charge is 0.485 e. The molecule has 8 nitrogen and oxygen atoms in total. The van der Waals surface area contributed by atoms with Crippen LogP contribution >= 0.6 is 0 Å². The second-order valence-electron chi connectivity index (χ2n) is 8.64. The Labute approximate surface area is 186 Å². The van der Waals surface area contributed by atoms with E-state index in [1.54, 1.807) is 18.4 Å². The summed E-state index contributed by atoms with van der Waals surface area (Å²) in [5.41, 5.74) is -0.627. The number of rotatable bonds is 5. The number of hydrogen-bond acceptors (Lipinski definition) is 8. The van der Waals surface area contributed by atoms with Gasteiger partial charge in [0.2, 0.25) is 17.2 Å². The van der Waals surface area contributed by atoms with Crippen LogP contribution in [0.15, 0.2) is 59.1 Å². The molecule has 3 aliphatic heterocycles. The van der Waals surface area contributed by atoms with E-state index in [9.17, 15) is 24.6 Å². The molecule has 5 atom stereocenters. The highest BCUT2D eigenvalue weighted by Crippen LogP contribution is 2.47. The lowest BCUT2D eigenvalue weighted by Crippen LogP contribution is -2.56. The molecule has 4 aliphatic rings. The summed E-state index contributed by atoms with van der Waals surface area (Å²) in [7, 11) is 0. The van der Waals surface area contributed by atoms with Crippen LogP contribution in [-0.2, 0) is 23.9 Å². The molecule has 0 aromatic rings. The number of allylic oxidation sites excluding steroid dienone is 4. The third-order valence-corrected chi connectivity index (χ3v) is 6.19. The third kappa shape index (κ3) is 3.53. The molecule has 0 aromatic heterocycles. The highest BCUT2D eigenvalue weighted by Gasteiger charge is 2.55. The first-order valence-corrected chi connectivity index (χ1v) is 10.7. The number of piperidine rings is 1. The van der Waals surface area contributed by atoms with Gasteiger partial charge in [-0.25, -0.2) is 0 Å². The van der Waals surface area contributed by atoms with Crippen LogP contribution in [0.5, 0.6) is 0 Å². The predicted octanol–water partition coefficient (Wildman–Crippen LogP) is 1.26. The van der Waals surface area contributed by atoms with E-state index in [0.29, 0.717) is 29.9 Å². The number of esters is 1. The van der Waals surface area contributed by atoms with Crippen LogP contribution in [0.3, 0.4) is 0 Å². The van der Waals surface area contributed by atoms with Crippen molar-refractivity contribution in [3.8, 4) is 0 Å². The highest BCUT2D eigenvalue weighted by molar-refractivity contribution is 6.26. The fraction of sp³-hybridized carbons (Fsp3) is 0.458. The zero-order chi connectivity index (χ0) is 23.2. The summed E-state index contributed by atoms with van der Waals surface area (Å²) in [6.45, 7) is 5.10. The van der Waals surface area contributed by atoms with Gasteiger partial charge in [-0.1, -0.05) is 18.2 Å². The van der Waals surface area contributed by atoms with E-state index in [1.165, 1.54) is 19.9 Å². The van der Waals surface area contributed by atoms with Gasteiger partial charge in [0.1, 0.15) is 11.9 Å². The zero-order valence-corrected chi connectivity index (χ0v) is 18.3. The lowest BCUT2D eigenvalue weighted by Gasteiger charge is -2.44. The van der Waals surface area contributed by atoms with Crippen molar-refractivity contribution in [2.45, 2.75) is 63.6 Å². The van der Waals surface area contributed by atoms with Gasteiger partial charge in [-0.15, -0.1) is 0 Å². The van der Waals surface area contributed by atoms with E-state index in [-0.39, 0.29) is 18.0 Å². The summed E-state index contributed by atoms with van der Waals surface area (Å²) < 4.78 is 11.4. The molecule has 3 heterocycles. The molecular weight excluding hydrogens is 414 g/mol. The monoisotopic (exact) mass is 441 g/mol. The van der Waals surface area contributed by atoms with Crippen LogP contribution < -0.4 is 0 Å². The van der Waals surface area contributed by atoms with Gasteiger partial charge in [0, 0.05) is 23.9 Å². The second kappa shape index (κ2) is 8.18. The number of fused-ring (bicyclic) bond motifs is 2. The molecule has 0 bridgehead atoms. The van der Waals surface area contributed by atoms with Crippen molar-refractivity contribution in [3.05, 3.63) is 59.1 Å². The van der Waals surface area contributed by atoms with Crippen molar-refractivity contribution in [1.82, 2.24) is 4.90 Å². The summed E-state index contributed by atoms with van der Waals surface area (Å²) in [6.07, 6.45) is 8.26. The number of ketones is 2. The van der Waals surface area contributed by atoms with Crippen LogP contribution in [0.25, 0.3) is 0 Å². The van der Waals surface area contributed by atoms with Crippen molar-refractivity contribution in [3.63, 3.8) is 0 Å². The average molecular weight is 441 g/mol. The van der Waals surface area contributed by atoms with Gasteiger partial charge in [-0.3, -0.25) is 14.4 Å². The molecule has 1 saturated heterocycles. The van der Waals surface area contributed by atoms with E-state index in [2.05, 4.69) is 0 Å². The summed E-state index contributed by atoms with van der Waals surface area (Å²) in [6, 6.07) is -0.318. The third-order valence-electron chi connectivity index (χ3n) is 6.19. The van der Waals surface area contributed by atoms with Gasteiger partial charge >= 0.3 is 5.97 Å². The van der Waals surface area contributed by atoms with E-state index < -0.39 is 41.4 Å². The minimum absolute atomic E-state index is 0.265. The van der Waals surface area contributed by atoms with E-state index in [4.69, 9.17) is 9.47 Å².